The van der Waals surface area contributed by atoms with Crippen molar-refractivity contribution in [1.82, 2.24) is 10.2 Å². The highest BCUT2D eigenvalue weighted by molar-refractivity contribution is 5.82. The van der Waals surface area contributed by atoms with Crippen molar-refractivity contribution in [3.63, 3.8) is 0 Å². The first-order valence-corrected chi connectivity index (χ1v) is 8.27. The van der Waals surface area contributed by atoms with Crippen LogP contribution in [0.1, 0.15) is 52.4 Å². The summed E-state index contributed by atoms with van der Waals surface area (Å²) in [5.41, 5.74) is -0.488. The topological polar surface area (TPSA) is 69.6 Å². The molecule has 0 bridgehead atoms. The van der Waals surface area contributed by atoms with Crippen LogP contribution in [0, 0.1) is 11.8 Å². The van der Waals surface area contributed by atoms with Gasteiger partial charge < -0.3 is 15.3 Å². The normalized spacial score (nSPS) is 20.4. The van der Waals surface area contributed by atoms with Gasteiger partial charge in [0.15, 0.2) is 0 Å². The number of hydrogen-bond acceptors (Lipinski definition) is 3. The van der Waals surface area contributed by atoms with Gasteiger partial charge in [0.2, 0.25) is 11.8 Å². The van der Waals surface area contributed by atoms with E-state index in [9.17, 15) is 14.7 Å². The van der Waals surface area contributed by atoms with E-state index in [2.05, 4.69) is 5.32 Å². The van der Waals surface area contributed by atoms with E-state index >= 15 is 0 Å². The van der Waals surface area contributed by atoms with Crippen LogP contribution in [-0.2, 0) is 9.59 Å². The van der Waals surface area contributed by atoms with Crippen LogP contribution in [0.4, 0.5) is 0 Å². The molecule has 0 unspecified atom stereocenters. The number of likely N-dealkylation sites (tertiary alicyclic amines) is 1. The average Bonchev–Trinajstić information content (AvgIpc) is 3.37. The van der Waals surface area contributed by atoms with E-state index in [-0.39, 0.29) is 30.3 Å². The first kappa shape index (κ1) is 16.3. The number of carbonyl (C=O) groups is 2. The van der Waals surface area contributed by atoms with Crippen molar-refractivity contribution >= 4 is 11.8 Å². The Morgan fingerprint density at radius 2 is 1.67 bits per heavy atom. The first-order chi connectivity index (χ1) is 10.0. The number of aliphatic hydroxyl groups excluding tert-OH is 1. The highest BCUT2D eigenvalue weighted by Gasteiger charge is 2.37. The molecule has 2 amide bonds. The Hall–Kier alpha value is -1.10. The highest BCUT2D eigenvalue weighted by atomic mass is 16.3. The van der Waals surface area contributed by atoms with E-state index in [1.807, 2.05) is 18.7 Å². The lowest BCUT2D eigenvalue weighted by molar-refractivity contribution is -0.137. The van der Waals surface area contributed by atoms with Crippen LogP contribution < -0.4 is 5.32 Å². The number of piperidine rings is 1. The molecule has 1 saturated carbocycles. The molecule has 120 valence electrons. The van der Waals surface area contributed by atoms with Crippen LogP contribution in [0.25, 0.3) is 0 Å². The van der Waals surface area contributed by atoms with Crippen molar-refractivity contribution < 1.29 is 14.7 Å². The molecule has 5 heteroatoms. The zero-order valence-electron chi connectivity index (χ0n) is 13.2. The minimum Gasteiger partial charge on any atom is -0.394 e. The van der Waals surface area contributed by atoms with E-state index in [1.54, 1.807) is 0 Å². The van der Waals surface area contributed by atoms with E-state index in [0.29, 0.717) is 13.1 Å². The minimum atomic E-state index is -0.488. The average molecular weight is 296 g/mol. The summed E-state index contributed by atoms with van der Waals surface area (Å²) >= 11 is 0. The molecule has 1 heterocycles. The molecule has 2 aliphatic rings. The summed E-state index contributed by atoms with van der Waals surface area (Å²) in [6.07, 6.45) is 4.99. The van der Waals surface area contributed by atoms with Gasteiger partial charge in [0.25, 0.3) is 0 Å². The summed E-state index contributed by atoms with van der Waals surface area (Å²) in [6.45, 7) is 5.33. The van der Waals surface area contributed by atoms with Gasteiger partial charge in [-0.1, -0.05) is 13.8 Å². The van der Waals surface area contributed by atoms with Gasteiger partial charge in [0.05, 0.1) is 12.1 Å². The van der Waals surface area contributed by atoms with Crippen molar-refractivity contribution in [1.29, 1.82) is 0 Å². The van der Waals surface area contributed by atoms with Gasteiger partial charge in [-0.3, -0.25) is 9.59 Å². The van der Waals surface area contributed by atoms with Crippen LogP contribution in [-0.4, -0.2) is 47.1 Å². The maximum Gasteiger partial charge on any atom is 0.225 e. The predicted octanol–water partition coefficient (Wildman–Crippen LogP) is 1.30. The monoisotopic (exact) mass is 296 g/mol. The van der Waals surface area contributed by atoms with Gasteiger partial charge in [-0.15, -0.1) is 0 Å². The number of hydrogen-bond donors (Lipinski definition) is 2. The van der Waals surface area contributed by atoms with E-state index < -0.39 is 5.54 Å². The molecule has 0 radical (unpaired) electrons. The predicted molar refractivity (Wildman–Crippen MR) is 80.6 cm³/mol. The van der Waals surface area contributed by atoms with Gasteiger partial charge >= 0.3 is 0 Å². The molecule has 2 N–H and O–H groups in total. The Morgan fingerprint density at radius 3 is 2.10 bits per heavy atom. The second-order valence-corrected chi connectivity index (χ2v) is 6.51. The van der Waals surface area contributed by atoms with Crippen LogP contribution in [0.3, 0.4) is 0 Å². The smallest absolute Gasteiger partial charge is 0.225 e. The lowest BCUT2D eigenvalue weighted by atomic mass is 9.90. The molecule has 0 atom stereocenters. The Balaban J connectivity index is 1.83. The number of carbonyl (C=O) groups excluding carboxylic acids is 2. The van der Waals surface area contributed by atoms with Crippen LogP contribution >= 0.6 is 0 Å². The lowest BCUT2D eigenvalue weighted by Crippen LogP contribution is -2.53. The summed E-state index contributed by atoms with van der Waals surface area (Å²) in [7, 11) is 0. The minimum absolute atomic E-state index is 0.0231. The number of nitrogens with zero attached hydrogens (tertiary/aromatic N) is 1. The molecule has 2 rings (SSSR count). The summed E-state index contributed by atoms with van der Waals surface area (Å²) < 4.78 is 0. The van der Waals surface area contributed by atoms with Crippen LogP contribution in [0.5, 0.6) is 0 Å². The van der Waals surface area contributed by atoms with Crippen molar-refractivity contribution in [3.05, 3.63) is 0 Å². The molecule has 2 fully saturated rings. The fraction of sp³-hybridized carbons (Fsp3) is 0.875. The van der Waals surface area contributed by atoms with Crippen LogP contribution in [0.2, 0.25) is 0 Å². The molecule has 21 heavy (non-hydrogen) atoms. The summed E-state index contributed by atoms with van der Waals surface area (Å²) in [5, 5.41) is 12.6. The summed E-state index contributed by atoms with van der Waals surface area (Å²) in [5.74, 6) is 0.543. The summed E-state index contributed by atoms with van der Waals surface area (Å²) in [4.78, 5) is 26.3. The van der Waals surface area contributed by atoms with Gasteiger partial charge in [-0.2, -0.15) is 0 Å². The van der Waals surface area contributed by atoms with Gasteiger partial charge in [-0.05, 0) is 38.5 Å². The summed E-state index contributed by atoms with van der Waals surface area (Å²) in [6, 6.07) is 0. The maximum absolute atomic E-state index is 12.4. The lowest BCUT2D eigenvalue weighted by Gasteiger charge is -2.36. The number of aliphatic hydroxyl groups is 1. The molecular weight excluding hydrogens is 268 g/mol. The maximum atomic E-state index is 12.4. The second-order valence-electron chi connectivity index (χ2n) is 6.51. The van der Waals surface area contributed by atoms with E-state index in [4.69, 9.17) is 0 Å². The Labute approximate surface area is 127 Å². The third-order valence-electron chi connectivity index (χ3n) is 5.15. The molecule has 0 aromatic rings. The Bertz CT molecular complexity index is 373. The van der Waals surface area contributed by atoms with Crippen molar-refractivity contribution in [2.24, 2.45) is 11.8 Å². The zero-order chi connectivity index (χ0) is 15.5. The van der Waals surface area contributed by atoms with E-state index in [1.165, 1.54) is 0 Å². The number of nitrogens with one attached hydrogen (secondary N) is 1. The molecule has 5 nitrogen and oxygen atoms in total. The molecule has 0 aromatic heterocycles. The number of amides is 2. The van der Waals surface area contributed by atoms with Crippen LogP contribution in [0.15, 0.2) is 0 Å². The Kier molecular flexibility index (Phi) is 5.25. The van der Waals surface area contributed by atoms with Crippen molar-refractivity contribution in [2.75, 3.05) is 19.7 Å². The van der Waals surface area contributed by atoms with Gasteiger partial charge in [0.1, 0.15) is 0 Å². The zero-order valence-corrected chi connectivity index (χ0v) is 13.2. The number of rotatable bonds is 6. The molecule has 0 spiro atoms. The standard InChI is InChI=1S/C16H28N2O3/c1-3-16(4-2,11-19)17-14(20)12-7-9-18(10-8-12)15(21)13-5-6-13/h12-13,19H,3-11H2,1-2H3,(H,17,20). The fourth-order valence-corrected chi connectivity index (χ4v) is 3.00. The fourth-order valence-electron chi connectivity index (χ4n) is 3.00. The molecular formula is C16H28N2O3. The second kappa shape index (κ2) is 6.77. The van der Waals surface area contributed by atoms with Crippen molar-refractivity contribution in [2.45, 2.75) is 57.9 Å². The molecule has 1 saturated heterocycles. The highest BCUT2D eigenvalue weighted by Crippen LogP contribution is 2.32. The first-order valence-electron chi connectivity index (χ1n) is 8.27. The molecule has 0 aromatic carbocycles. The van der Waals surface area contributed by atoms with Crippen molar-refractivity contribution in [3.8, 4) is 0 Å². The van der Waals surface area contributed by atoms with E-state index in [0.717, 1.165) is 38.5 Å². The quantitative estimate of drug-likeness (QED) is 0.776. The third kappa shape index (κ3) is 3.76. The largest absolute Gasteiger partial charge is 0.394 e. The van der Waals surface area contributed by atoms with Gasteiger partial charge in [0, 0.05) is 24.9 Å². The SMILES string of the molecule is CCC(CC)(CO)NC(=O)C1CCN(C(=O)C2CC2)CC1. The third-order valence-corrected chi connectivity index (χ3v) is 5.15. The van der Waals surface area contributed by atoms with Gasteiger partial charge in [-0.25, -0.2) is 0 Å². The molecule has 1 aliphatic carbocycles. The molecule has 1 aliphatic heterocycles. The Morgan fingerprint density at radius 1 is 1.10 bits per heavy atom.